The monoisotopic (exact) mass is 432 g/mol. The number of aliphatic hydroxyl groups excluding tert-OH is 1. The van der Waals surface area contributed by atoms with E-state index in [1.807, 2.05) is 31.2 Å². The molecule has 7 nitrogen and oxygen atoms in total. The Balaban J connectivity index is 1.73. The Morgan fingerprint density at radius 3 is 2.69 bits per heavy atom. The Kier molecular flexibility index (Phi) is 6.58. The highest BCUT2D eigenvalue weighted by Crippen LogP contribution is 2.33. The number of hydrogen-bond donors (Lipinski definition) is 5. The molecule has 0 aliphatic carbocycles. The van der Waals surface area contributed by atoms with E-state index < -0.39 is 0 Å². The van der Waals surface area contributed by atoms with Gasteiger partial charge in [0.2, 0.25) is 5.88 Å². The maximum absolute atomic E-state index is 10.0. The highest BCUT2D eigenvalue weighted by atomic mass is 35.5. The van der Waals surface area contributed by atoms with Gasteiger partial charge < -0.3 is 25.6 Å². The third kappa shape index (κ3) is 5.17. The van der Waals surface area contributed by atoms with E-state index >= 15 is 0 Å². The molecule has 29 heavy (non-hydrogen) atoms. The van der Waals surface area contributed by atoms with Gasteiger partial charge in [-0.3, -0.25) is 5.41 Å². The molecule has 1 atom stereocenters. The Hall–Kier alpha value is -2.81. The standard InChI is InChI=1S/C20H21ClN4O3S/c1-11-3-4-13(21)9-16(11)28-15-7-5-14(6-8-15)24-20-17(19(27)25-29-20)18(22)23-12(2)10-26/h3-9,12,24,26H,10H2,1-2H3,(H2,22,23)(H,25,27). The molecule has 0 amide bonds. The van der Waals surface area contributed by atoms with Crippen molar-refractivity contribution in [3.05, 3.63) is 58.6 Å². The molecule has 2 aromatic carbocycles. The summed E-state index contributed by atoms with van der Waals surface area (Å²) in [5.41, 5.74) is 1.97. The highest BCUT2D eigenvalue weighted by molar-refractivity contribution is 7.11. The summed E-state index contributed by atoms with van der Waals surface area (Å²) in [6.07, 6.45) is 0. The molecule has 1 heterocycles. The normalized spacial score (nSPS) is 11.7. The summed E-state index contributed by atoms with van der Waals surface area (Å²) >= 11 is 7.07. The minimum Gasteiger partial charge on any atom is -0.492 e. The SMILES string of the molecule is Cc1ccc(Cl)cc1Oc1ccc(Nc2snc(O)c2C(=N)NC(C)CO)cc1. The summed E-state index contributed by atoms with van der Waals surface area (Å²) in [6, 6.07) is 12.4. The third-order valence-corrected chi connectivity index (χ3v) is 5.07. The predicted octanol–water partition coefficient (Wildman–Crippen LogP) is 4.64. The van der Waals surface area contributed by atoms with Gasteiger partial charge in [-0.25, -0.2) is 0 Å². The van der Waals surface area contributed by atoms with Gasteiger partial charge in [0.05, 0.1) is 6.61 Å². The molecule has 9 heteroatoms. The number of benzene rings is 2. The molecular weight excluding hydrogens is 412 g/mol. The van der Waals surface area contributed by atoms with Crippen molar-refractivity contribution < 1.29 is 14.9 Å². The number of aromatic nitrogens is 1. The number of nitrogens with zero attached hydrogens (tertiary/aromatic N) is 1. The van der Waals surface area contributed by atoms with Crippen molar-refractivity contribution >= 4 is 39.7 Å². The van der Waals surface area contributed by atoms with Crippen LogP contribution >= 0.6 is 23.1 Å². The Morgan fingerprint density at radius 2 is 2.00 bits per heavy atom. The predicted molar refractivity (Wildman–Crippen MR) is 116 cm³/mol. The quantitative estimate of drug-likeness (QED) is 0.275. The van der Waals surface area contributed by atoms with Crippen molar-refractivity contribution in [2.24, 2.45) is 0 Å². The summed E-state index contributed by atoms with van der Waals surface area (Å²) < 4.78 is 9.80. The van der Waals surface area contributed by atoms with Gasteiger partial charge in [-0.2, -0.15) is 4.37 Å². The van der Waals surface area contributed by atoms with Gasteiger partial charge in [0.15, 0.2) is 0 Å². The van der Waals surface area contributed by atoms with E-state index in [-0.39, 0.29) is 29.9 Å². The largest absolute Gasteiger partial charge is 0.492 e. The molecule has 3 rings (SSSR count). The van der Waals surface area contributed by atoms with E-state index in [1.54, 1.807) is 25.1 Å². The molecule has 0 bridgehead atoms. The van der Waals surface area contributed by atoms with Crippen molar-refractivity contribution in [2.75, 3.05) is 11.9 Å². The van der Waals surface area contributed by atoms with Gasteiger partial charge in [0.25, 0.3) is 0 Å². The maximum atomic E-state index is 10.0. The molecule has 0 radical (unpaired) electrons. The van der Waals surface area contributed by atoms with Crippen LogP contribution in [0.15, 0.2) is 42.5 Å². The first-order valence-electron chi connectivity index (χ1n) is 8.83. The second kappa shape index (κ2) is 9.13. The molecule has 0 aliphatic rings. The lowest BCUT2D eigenvalue weighted by molar-refractivity contribution is 0.264. The van der Waals surface area contributed by atoms with Crippen LogP contribution in [-0.4, -0.2) is 33.1 Å². The number of hydrogen-bond acceptors (Lipinski definition) is 7. The van der Waals surface area contributed by atoms with Crippen LogP contribution in [0.4, 0.5) is 10.7 Å². The van der Waals surface area contributed by atoms with Gasteiger partial charge in [-0.1, -0.05) is 17.7 Å². The number of halogens is 1. The van der Waals surface area contributed by atoms with E-state index in [0.717, 1.165) is 22.8 Å². The lowest BCUT2D eigenvalue weighted by Crippen LogP contribution is -2.35. The summed E-state index contributed by atoms with van der Waals surface area (Å²) in [5.74, 6) is 1.08. The van der Waals surface area contributed by atoms with Crippen LogP contribution in [0.1, 0.15) is 18.1 Å². The minimum absolute atomic E-state index is 0.0170. The fourth-order valence-electron chi connectivity index (χ4n) is 2.50. The van der Waals surface area contributed by atoms with Gasteiger partial charge in [-0.05, 0) is 67.3 Å². The van der Waals surface area contributed by atoms with Crippen LogP contribution < -0.4 is 15.4 Å². The molecule has 0 saturated carbocycles. The Morgan fingerprint density at radius 1 is 1.28 bits per heavy atom. The van der Waals surface area contributed by atoms with E-state index in [9.17, 15) is 5.11 Å². The third-order valence-electron chi connectivity index (χ3n) is 4.08. The van der Waals surface area contributed by atoms with E-state index in [4.69, 9.17) is 26.9 Å². The second-order valence-electron chi connectivity index (χ2n) is 6.47. The lowest BCUT2D eigenvalue weighted by atomic mass is 10.2. The fraction of sp³-hybridized carbons (Fsp3) is 0.200. The molecule has 0 spiro atoms. The first-order valence-corrected chi connectivity index (χ1v) is 9.98. The topological polar surface area (TPSA) is 110 Å². The molecule has 0 saturated heterocycles. The average Bonchev–Trinajstić information content (AvgIpc) is 3.06. The van der Waals surface area contributed by atoms with Gasteiger partial charge in [0, 0.05) is 16.8 Å². The molecule has 3 aromatic rings. The van der Waals surface area contributed by atoms with Crippen LogP contribution in [0.25, 0.3) is 0 Å². The molecule has 1 aromatic heterocycles. The molecule has 152 valence electrons. The van der Waals surface area contributed by atoms with Crippen LogP contribution in [-0.2, 0) is 0 Å². The van der Waals surface area contributed by atoms with Crippen molar-refractivity contribution in [3.8, 4) is 17.4 Å². The Bertz CT molecular complexity index is 1010. The smallest absolute Gasteiger partial charge is 0.236 e. The summed E-state index contributed by atoms with van der Waals surface area (Å²) in [6.45, 7) is 3.55. The number of aliphatic hydroxyl groups is 1. The number of aryl methyl sites for hydroxylation is 1. The van der Waals surface area contributed by atoms with Gasteiger partial charge in [0.1, 0.15) is 27.9 Å². The number of rotatable bonds is 7. The number of anilines is 2. The Labute approximate surface area is 177 Å². The van der Waals surface area contributed by atoms with E-state index in [1.165, 1.54) is 0 Å². The van der Waals surface area contributed by atoms with Crippen molar-refractivity contribution in [1.29, 1.82) is 5.41 Å². The van der Waals surface area contributed by atoms with Crippen LogP contribution in [0.5, 0.6) is 17.4 Å². The summed E-state index contributed by atoms with van der Waals surface area (Å²) in [7, 11) is 0. The van der Waals surface area contributed by atoms with E-state index in [0.29, 0.717) is 21.5 Å². The molecule has 0 fully saturated rings. The van der Waals surface area contributed by atoms with Crippen LogP contribution in [0.2, 0.25) is 5.02 Å². The number of ether oxygens (including phenoxy) is 1. The fourth-order valence-corrected chi connectivity index (χ4v) is 3.38. The van der Waals surface area contributed by atoms with Crippen LogP contribution in [0.3, 0.4) is 0 Å². The first-order chi connectivity index (χ1) is 13.9. The van der Waals surface area contributed by atoms with E-state index in [2.05, 4.69) is 15.0 Å². The first kappa shape index (κ1) is 20.9. The zero-order chi connectivity index (χ0) is 21.0. The number of nitrogens with one attached hydrogen (secondary N) is 3. The zero-order valence-electron chi connectivity index (χ0n) is 15.9. The lowest BCUT2D eigenvalue weighted by Gasteiger charge is -2.14. The van der Waals surface area contributed by atoms with Crippen molar-refractivity contribution in [3.63, 3.8) is 0 Å². The highest BCUT2D eigenvalue weighted by Gasteiger charge is 2.19. The minimum atomic E-state index is -0.318. The number of amidine groups is 1. The number of aromatic hydroxyl groups is 1. The average molecular weight is 433 g/mol. The van der Waals surface area contributed by atoms with Crippen molar-refractivity contribution in [1.82, 2.24) is 9.69 Å². The molecular formula is C20H21ClN4O3S. The molecule has 5 N–H and O–H groups in total. The second-order valence-corrected chi connectivity index (χ2v) is 7.68. The summed E-state index contributed by atoms with van der Waals surface area (Å²) in [5, 5.41) is 34.4. The molecule has 1 unspecified atom stereocenters. The van der Waals surface area contributed by atoms with Gasteiger partial charge >= 0.3 is 0 Å². The summed E-state index contributed by atoms with van der Waals surface area (Å²) in [4.78, 5) is 0. The van der Waals surface area contributed by atoms with Gasteiger partial charge in [-0.15, -0.1) is 0 Å². The maximum Gasteiger partial charge on any atom is 0.236 e. The molecule has 0 aliphatic heterocycles. The van der Waals surface area contributed by atoms with Crippen LogP contribution in [0, 0.1) is 12.3 Å². The zero-order valence-corrected chi connectivity index (χ0v) is 17.4. The van der Waals surface area contributed by atoms with Crippen molar-refractivity contribution in [2.45, 2.75) is 19.9 Å².